The summed E-state index contributed by atoms with van der Waals surface area (Å²) in [5, 5.41) is 6.34. The Morgan fingerprint density at radius 1 is 1.11 bits per heavy atom. The van der Waals surface area contributed by atoms with E-state index in [-0.39, 0.29) is 6.04 Å². The molecule has 0 aromatic heterocycles. The van der Waals surface area contributed by atoms with Gasteiger partial charge in [-0.3, -0.25) is 0 Å². The van der Waals surface area contributed by atoms with Gasteiger partial charge in [0, 0.05) is 5.70 Å². The van der Waals surface area contributed by atoms with Crippen LogP contribution in [0.25, 0.3) is 0 Å². The van der Waals surface area contributed by atoms with Gasteiger partial charge in [0.2, 0.25) is 0 Å². The second-order valence-electron chi connectivity index (χ2n) is 4.57. The van der Waals surface area contributed by atoms with Crippen molar-refractivity contribution in [3.8, 4) is 0 Å². The molecule has 100 valence electrons. The summed E-state index contributed by atoms with van der Waals surface area (Å²) in [5.74, 6) is 0.685. The van der Waals surface area contributed by atoms with Crippen LogP contribution in [0.3, 0.4) is 0 Å². The van der Waals surface area contributed by atoms with E-state index in [0.29, 0.717) is 11.5 Å². The van der Waals surface area contributed by atoms with E-state index in [4.69, 9.17) is 0 Å². The normalized spacial score (nSPS) is 14.8. The highest BCUT2D eigenvalue weighted by Gasteiger charge is 2.05. The first kappa shape index (κ1) is 14.8. The van der Waals surface area contributed by atoms with Gasteiger partial charge in [0.25, 0.3) is 0 Å². The third kappa shape index (κ3) is 4.51. The molecule has 19 heavy (non-hydrogen) atoms. The summed E-state index contributed by atoms with van der Waals surface area (Å²) >= 11 is 0. The highest BCUT2D eigenvalue weighted by molar-refractivity contribution is 5.37. The molecule has 0 atom stereocenters. The minimum Gasteiger partial charge on any atom is -0.362 e. The fraction of sp³-hybridized carbons (Fsp3) is 0.176. The van der Waals surface area contributed by atoms with Crippen molar-refractivity contribution in [1.82, 2.24) is 10.6 Å². The van der Waals surface area contributed by atoms with E-state index >= 15 is 0 Å². The molecule has 0 radical (unpaired) electrons. The van der Waals surface area contributed by atoms with Crippen LogP contribution in [0.15, 0.2) is 84.9 Å². The maximum atomic E-state index is 3.93. The molecule has 0 aliphatic heterocycles. The molecule has 2 N–H and O–H groups in total. The van der Waals surface area contributed by atoms with Crippen molar-refractivity contribution < 1.29 is 0 Å². The Kier molecular flexibility index (Phi) is 5.19. The molecular formula is C17H22N2. The van der Waals surface area contributed by atoms with Gasteiger partial charge in [-0.15, -0.1) is 0 Å². The summed E-state index contributed by atoms with van der Waals surface area (Å²) in [6, 6.07) is 0.109. The number of hydrogen-bond acceptors (Lipinski definition) is 2. The maximum absolute atomic E-state index is 3.93. The van der Waals surface area contributed by atoms with Gasteiger partial charge in [-0.25, -0.2) is 0 Å². The summed E-state index contributed by atoms with van der Waals surface area (Å²) in [4.78, 5) is 0. The zero-order chi connectivity index (χ0) is 14.4. The zero-order valence-corrected chi connectivity index (χ0v) is 11.8. The first-order chi connectivity index (χ1) is 8.93. The summed E-state index contributed by atoms with van der Waals surface area (Å²) in [6.07, 6.45) is 10.1. The van der Waals surface area contributed by atoms with Gasteiger partial charge < -0.3 is 10.6 Å². The van der Waals surface area contributed by atoms with Crippen molar-refractivity contribution in [2.24, 2.45) is 0 Å². The van der Waals surface area contributed by atoms with Gasteiger partial charge in [0.1, 0.15) is 0 Å². The molecule has 2 heteroatoms. The molecule has 2 nitrogen and oxygen atoms in total. The molecular weight excluding hydrogens is 232 g/mol. The van der Waals surface area contributed by atoms with Crippen LogP contribution in [-0.4, -0.2) is 6.04 Å². The molecule has 1 aliphatic carbocycles. The fourth-order valence-corrected chi connectivity index (χ4v) is 1.54. The number of hydrogen-bond donors (Lipinski definition) is 2. The highest BCUT2D eigenvalue weighted by atomic mass is 15.1. The van der Waals surface area contributed by atoms with Gasteiger partial charge >= 0.3 is 0 Å². The predicted molar refractivity (Wildman–Crippen MR) is 84.3 cm³/mol. The van der Waals surface area contributed by atoms with Crippen LogP contribution in [0.1, 0.15) is 13.8 Å². The first-order valence-electron chi connectivity index (χ1n) is 6.21. The lowest BCUT2D eigenvalue weighted by atomic mass is 10.1. The maximum Gasteiger partial charge on any atom is 0.0964 e. The van der Waals surface area contributed by atoms with Crippen LogP contribution < -0.4 is 10.6 Å². The number of nitrogens with one attached hydrogen (secondary N) is 2. The third-order valence-corrected chi connectivity index (χ3v) is 3.01. The molecule has 0 bridgehead atoms. The second kappa shape index (κ2) is 6.64. The van der Waals surface area contributed by atoms with E-state index in [2.05, 4.69) is 75.1 Å². The predicted octanol–water partition coefficient (Wildman–Crippen LogP) is 3.72. The van der Waals surface area contributed by atoms with Gasteiger partial charge in [0.15, 0.2) is 0 Å². The fourth-order valence-electron chi connectivity index (χ4n) is 1.54. The zero-order valence-electron chi connectivity index (χ0n) is 11.8. The Balaban J connectivity index is 2.58. The molecule has 0 fully saturated rings. The van der Waals surface area contributed by atoms with Crippen LogP contribution in [0, 0.1) is 0 Å². The van der Waals surface area contributed by atoms with E-state index < -0.39 is 0 Å². The van der Waals surface area contributed by atoms with Crippen LogP contribution >= 0.6 is 0 Å². The Bertz CT molecular complexity index is 479. The Hall–Kier alpha value is -2.22. The van der Waals surface area contributed by atoms with Gasteiger partial charge in [-0.2, -0.15) is 0 Å². The van der Waals surface area contributed by atoms with Crippen LogP contribution in [0.4, 0.5) is 0 Å². The molecule has 1 rings (SSSR count). The lowest BCUT2D eigenvalue weighted by Gasteiger charge is -2.17. The molecule has 0 amide bonds. The molecule has 1 aliphatic rings. The van der Waals surface area contributed by atoms with Crippen LogP contribution in [0.2, 0.25) is 0 Å². The lowest BCUT2D eigenvalue weighted by molar-refractivity contribution is 0.729. The number of rotatable bonds is 6. The minimum atomic E-state index is 0.109. The highest BCUT2D eigenvalue weighted by Crippen LogP contribution is 2.12. The Labute approximate surface area is 116 Å². The standard InChI is InChI=1S/C17H22N2/c1-7-12(2)15(5)18-16(6)19-17-10-8-13(3)14(4)9-11-17/h7-11,17-19H,1-2,5-6H2,3-4H3. The van der Waals surface area contributed by atoms with Crippen LogP contribution in [0.5, 0.6) is 0 Å². The van der Waals surface area contributed by atoms with E-state index in [0.717, 1.165) is 5.57 Å². The topological polar surface area (TPSA) is 24.1 Å². The summed E-state index contributed by atoms with van der Waals surface area (Å²) in [5.41, 5.74) is 3.98. The quantitative estimate of drug-likeness (QED) is 0.706. The largest absolute Gasteiger partial charge is 0.362 e. The van der Waals surface area contributed by atoms with Crippen molar-refractivity contribution >= 4 is 0 Å². The van der Waals surface area contributed by atoms with Crippen molar-refractivity contribution in [3.05, 3.63) is 84.9 Å². The van der Waals surface area contributed by atoms with Crippen LogP contribution in [-0.2, 0) is 0 Å². The molecule has 0 unspecified atom stereocenters. The van der Waals surface area contributed by atoms with E-state index in [1.54, 1.807) is 6.08 Å². The Morgan fingerprint density at radius 3 is 2.11 bits per heavy atom. The molecule has 0 spiro atoms. The first-order valence-corrected chi connectivity index (χ1v) is 6.21. The van der Waals surface area contributed by atoms with Crippen molar-refractivity contribution in [2.45, 2.75) is 19.9 Å². The van der Waals surface area contributed by atoms with Gasteiger partial charge in [-0.1, -0.05) is 56.7 Å². The average molecular weight is 254 g/mol. The molecule has 0 heterocycles. The van der Waals surface area contributed by atoms with E-state index in [1.165, 1.54) is 11.1 Å². The summed E-state index contributed by atoms with van der Waals surface area (Å²) in [6.45, 7) is 19.5. The van der Waals surface area contributed by atoms with E-state index in [9.17, 15) is 0 Å². The van der Waals surface area contributed by atoms with Crippen molar-refractivity contribution in [1.29, 1.82) is 0 Å². The Morgan fingerprint density at radius 2 is 1.63 bits per heavy atom. The summed E-state index contributed by atoms with van der Waals surface area (Å²) < 4.78 is 0. The van der Waals surface area contributed by atoms with E-state index in [1.807, 2.05) is 0 Å². The lowest BCUT2D eigenvalue weighted by Crippen LogP contribution is -2.31. The minimum absolute atomic E-state index is 0.109. The van der Waals surface area contributed by atoms with Crippen molar-refractivity contribution in [2.75, 3.05) is 0 Å². The monoisotopic (exact) mass is 254 g/mol. The average Bonchev–Trinajstić information content (AvgIpc) is 2.53. The molecule has 0 saturated heterocycles. The van der Waals surface area contributed by atoms with Crippen molar-refractivity contribution in [3.63, 3.8) is 0 Å². The van der Waals surface area contributed by atoms with Gasteiger partial charge in [0.05, 0.1) is 11.9 Å². The molecule has 0 saturated carbocycles. The number of allylic oxidation sites excluding steroid dienone is 5. The molecule has 0 aromatic carbocycles. The second-order valence-corrected chi connectivity index (χ2v) is 4.57. The summed E-state index contributed by atoms with van der Waals surface area (Å²) in [7, 11) is 0. The molecule has 0 aromatic rings. The third-order valence-electron chi connectivity index (χ3n) is 3.01. The smallest absolute Gasteiger partial charge is 0.0964 e. The SMILES string of the molecule is C=CC(=C)C(=C)NC(=C)NC1C=CC(C)=C(C)C=C1. The van der Waals surface area contributed by atoms with Gasteiger partial charge in [-0.05, 0) is 30.6 Å².